The van der Waals surface area contributed by atoms with Gasteiger partial charge in [-0.15, -0.1) is 0 Å². The first-order valence-corrected chi connectivity index (χ1v) is 8.60. The number of benzene rings is 2. The molecule has 0 bridgehead atoms. The molecule has 2 amide bonds. The molecule has 0 saturated carbocycles. The Morgan fingerprint density at radius 3 is 2.44 bits per heavy atom. The molecular weight excluding hydrogens is 381 g/mol. The van der Waals surface area contributed by atoms with Gasteiger partial charge >= 0.3 is 6.18 Å². The molecule has 1 saturated heterocycles. The Labute approximate surface area is 158 Å². The first-order valence-electron chi connectivity index (χ1n) is 8.22. The summed E-state index contributed by atoms with van der Waals surface area (Å²) in [5.41, 5.74) is 0.890. The third kappa shape index (κ3) is 4.08. The Morgan fingerprint density at radius 1 is 1.19 bits per heavy atom. The number of rotatable bonds is 3. The summed E-state index contributed by atoms with van der Waals surface area (Å²) in [6, 6.07) is 9.31. The maximum absolute atomic E-state index is 12.6. The van der Waals surface area contributed by atoms with Crippen molar-refractivity contribution in [3.63, 3.8) is 0 Å². The van der Waals surface area contributed by atoms with Gasteiger partial charge < -0.3 is 10.2 Å². The number of anilines is 2. The van der Waals surface area contributed by atoms with E-state index in [4.69, 9.17) is 11.6 Å². The van der Waals surface area contributed by atoms with Gasteiger partial charge in [-0.25, -0.2) is 0 Å². The molecule has 2 aromatic carbocycles. The van der Waals surface area contributed by atoms with Crippen molar-refractivity contribution in [2.45, 2.75) is 19.5 Å². The van der Waals surface area contributed by atoms with Crippen molar-refractivity contribution in [1.82, 2.24) is 0 Å². The van der Waals surface area contributed by atoms with Gasteiger partial charge in [0.25, 0.3) is 0 Å². The zero-order chi connectivity index (χ0) is 19.8. The molecule has 1 heterocycles. The molecule has 0 spiro atoms. The van der Waals surface area contributed by atoms with Crippen molar-refractivity contribution < 1.29 is 22.8 Å². The third-order valence-electron chi connectivity index (χ3n) is 4.47. The quantitative estimate of drug-likeness (QED) is 0.767. The van der Waals surface area contributed by atoms with E-state index in [1.54, 1.807) is 18.2 Å². The molecule has 1 aliphatic heterocycles. The summed E-state index contributed by atoms with van der Waals surface area (Å²) in [7, 11) is 0. The summed E-state index contributed by atoms with van der Waals surface area (Å²) >= 11 is 6.09. The predicted octanol–water partition coefficient (Wildman–Crippen LogP) is 4.66. The van der Waals surface area contributed by atoms with Crippen LogP contribution in [0.2, 0.25) is 5.02 Å². The van der Waals surface area contributed by atoms with E-state index in [9.17, 15) is 22.8 Å². The van der Waals surface area contributed by atoms with E-state index in [-0.39, 0.29) is 11.6 Å². The standard InChI is InChI=1S/C19H16ClF3N2O2/c1-11-2-7-14(10-16(11)20)25-9-8-15(18(25)27)17(26)24-13-5-3-12(4-6-13)19(21,22)23/h2-7,10,15H,8-9H2,1H3,(H,24,26). The van der Waals surface area contributed by atoms with Crippen LogP contribution in [-0.2, 0) is 15.8 Å². The normalized spacial score (nSPS) is 17.3. The fourth-order valence-corrected chi connectivity index (χ4v) is 3.08. The summed E-state index contributed by atoms with van der Waals surface area (Å²) < 4.78 is 37.8. The lowest BCUT2D eigenvalue weighted by Crippen LogP contribution is -2.33. The molecular formula is C19H16ClF3N2O2. The van der Waals surface area contributed by atoms with Crippen LogP contribution in [0.4, 0.5) is 24.5 Å². The van der Waals surface area contributed by atoms with Crippen LogP contribution in [0.15, 0.2) is 42.5 Å². The molecule has 4 nitrogen and oxygen atoms in total. The Hall–Kier alpha value is -2.54. The number of hydrogen-bond donors (Lipinski definition) is 1. The van der Waals surface area contributed by atoms with Crippen molar-refractivity contribution >= 4 is 34.8 Å². The summed E-state index contributed by atoms with van der Waals surface area (Å²) in [6.45, 7) is 2.21. The fourth-order valence-electron chi connectivity index (χ4n) is 2.90. The second kappa shape index (κ2) is 7.23. The number of carbonyl (C=O) groups is 2. The van der Waals surface area contributed by atoms with Gasteiger partial charge in [0.05, 0.1) is 5.56 Å². The van der Waals surface area contributed by atoms with Gasteiger partial charge in [0.15, 0.2) is 0 Å². The van der Waals surface area contributed by atoms with Gasteiger partial charge in [-0.2, -0.15) is 13.2 Å². The SMILES string of the molecule is Cc1ccc(N2CCC(C(=O)Nc3ccc(C(F)(F)F)cc3)C2=O)cc1Cl. The van der Waals surface area contributed by atoms with Crippen molar-refractivity contribution in [3.8, 4) is 0 Å². The van der Waals surface area contributed by atoms with Crippen molar-refractivity contribution in [1.29, 1.82) is 0 Å². The summed E-state index contributed by atoms with van der Waals surface area (Å²) in [5, 5.41) is 3.03. The van der Waals surface area contributed by atoms with Gasteiger partial charge in [0, 0.05) is 22.9 Å². The molecule has 27 heavy (non-hydrogen) atoms. The third-order valence-corrected chi connectivity index (χ3v) is 4.88. The topological polar surface area (TPSA) is 49.4 Å². The Bertz CT molecular complexity index is 882. The number of halogens is 4. The van der Waals surface area contributed by atoms with Crippen LogP contribution in [0.3, 0.4) is 0 Å². The van der Waals surface area contributed by atoms with E-state index in [1.807, 2.05) is 6.92 Å². The average Bonchev–Trinajstić information content (AvgIpc) is 2.98. The highest BCUT2D eigenvalue weighted by atomic mass is 35.5. The Morgan fingerprint density at radius 2 is 1.85 bits per heavy atom. The zero-order valence-corrected chi connectivity index (χ0v) is 15.1. The summed E-state index contributed by atoms with van der Waals surface area (Å²) in [5.74, 6) is -1.80. The largest absolute Gasteiger partial charge is 0.416 e. The van der Waals surface area contributed by atoms with Crippen LogP contribution in [0.1, 0.15) is 17.5 Å². The van der Waals surface area contributed by atoms with E-state index in [0.29, 0.717) is 23.7 Å². The van der Waals surface area contributed by atoms with Crippen molar-refractivity contribution in [2.75, 3.05) is 16.8 Å². The Balaban J connectivity index is 1.69. The molecule has 0 radical (unpaired) electrons. The summed E-state index contributed by atoms with van der Waals surface area (Å²) in [6.07, 6.45) is -4.13. The Kier molecular flexibility index (Phi) is 5.15. The molecule has 142 valence electrons. The van der Waals surface area contributed by atoms with Crippen LogP contribution in [-0.4, -0.2) is 18.4 Å². The molecule has 1 atom stereocenters. The van der Waals surface area contributed by atoms with Gasteiger partial charge in [0.1, 0.15) is 5.92 Å². The molecule has 1 unspecified atom stereocenters. The lowest BCUT2D eigenvalue weighted by molar-refractivity contribution is -0.137. The molecule has 8 heteroatoms. The monoisotopic (exact) mass is 396 g/mol. The van der Waals surface area contributed by atoms with Gasteiger partial charge in [-0.3, -0.25) is 9.59 Å². The van der Waals surface area contributed by atoms with E-state index in [0.717, 1.165) is 29.8 Å². The second-order valence-electron chi connectivity index (χ2n) is 6.33. The van der Waals surface area contributed by atoms with Gasteiger partial charge in [0.2, 0.25) is 11.8 Å². The van der Waals surface area contributed by atoms with E-state index in [1.165, 1.54) is 4.90 Å². The van der Waals surface area contributed by atoms with Crippen LogP contribution in [0, 0.1) is 12.8 Å². The van der Waals surface area contributed by atoms with Gasteiger partial charge in [-0.05, 0) is 55.3 Å². The molecule has 1 aliphatic rings. The minimum Gasteiger partial charge on any atom is -0.325 e. The lowest BCUT2D eigenvalue weighted by Gasteiger charge is -2.17. The molecule has 0 aromatic heterocycles. The highest BCUT2D eigenvalue weighted by Crippen LogP contribution is 2.31. The highest BCUT2D eigenvalue weighted by Gasteiger charge is 2.38. The van der Waals surface area contributed by atoms with Crippen LogP contribution >= 0.6 is 11.6 Å². The van der Waals surface area contributed by atoms with Crippen molar-refractivity contribution in [3.05, 3.63) is 58.6 Å². The van der Waals surface area contributed by atoms with E-state index in [2.05, 4.69) is 5.32 Å². The number of amides is 2. The summed E-state index contributed by atoms with van der Waals surface area (Å²) in [4.78, 5) is 26.5. The number of hydrogen-bond acceptors (Lipinski definition) is 2. The van der Waals surface area contributed by atoms with E-state index >= 15 is 0 Å². The zero-order valence-electron chi connectivity index (χ0n) is 14.3. The minimum absolute atomic E-state index is 0.206. The maximum Gasteiger partial charge on any atom is 0.416 e. The highest BCUT2D eigenvalue weighted by molar-refractivity contribution is 6.31. The van der Waals surface area contributed by atoms with E-state index < -0.39 is 23.6 Å². The number of nitrogens with zero attached hydrogens (tertiary/aromatic N) is 1. The number of aryl methyl sites for hydroxylation is 1. The molecule has 1 fully saturated rings. The number of alkyl halides is 3. The van der Waals surface area contributed by atoms with Gasteiger partial charge in [-0.1, -0.05) is 17.7 Å². The smallest absolute Gasteiger partial charge is 0.325 e. The minimum atomic E-state index is -4.44. The second-order valence-corrected chi connectivity index (χ2v) is 6.74. The average molecular weight is 397 g/mol. The first-order chi connectivity index (χ1) is 12.7. The predicted molar refractivity (Wildman–Crippen MR) is 96.7 cm³/mol. The lowest BCUT2D eigenvalue weighted by atomic mass is 10.1. The number of carbonyl (C=O) groups excluding carboxylic acids is 2. The molecule has 2 aromatic rings. The maximum atomic E-state index is 12.6. The van der Waals surface area contributed by atoms with Crippen molar-refractivity contribution in [2.24, 2.45) is 5.92 Å². The molecule has 1 N–H and O–H groups in total. The first kappa shape index (κ1) is 19.2. The van der Waals surface area contributed by atoms with Crippen LogP contribution < -0.4 is 10.2 Å². The van der Waals surface area contributed by atoms with Crippen LogP contribution in [0.25, 0.3) is 0 Å². The van der Waals surface area contributed by atoms with Crippen LogP contribution in [0.5, 0.6) is 0 Å². The molecule has 3 rings (SSSR count). The number of nitrogens with one attached hydrogen (secondary N) is 1. The molecule has 0 aliphatic carbocycles. The fraction of sp³-hybridized carbons (Fsp3) is 0.263.